The standard InChI is InChI=1S/C46H79NO7/c1-6-8-10-12-14-16-18-20-22-24-26-28-30-32-34-36-44(48)53-41-42(40-52-39-38-43(46(50)51)47(3,4)5)54-45(49)37-35-33-31-29-27-25-23-21-19-17-15-13-11-9-7-2/h8,10,12,14-19,21,42-43H,6-7,9,11,13,20,22-41H2,1-5H3/p+1/b10-8+,14-12+,17-15+,18-16+,21-19+. The van der Waals surface area contributed by atoms with Crippen LogP contribution >= 0.6 is 0 Å². The molecule has 0 aliphatic rings. The number of ether oxygens (including phenoxy) is 3. The van der Waals surface area contributed by atoms with Gasteiger partial charge in [-0.15, -0.1) is 0 Å². The molecule has 0 aromatic rings. The summed E-state index contributed by atoms with van der Waals surface area (Å²) < 4.78 is 17.2. The van der Waals surface area contributed by atoms with Gasteiger partial charge < -0.3 is 23.8 Å². The van der Waals surface area contributed by atoms with E-state index in [9.17, 15) is 19.5 Å². The van der Waals surface area contributed by atoms with Gasteiger partial charge in [-0.05, 0) is 57.8 Å². The van der Waals surface area contributed by atoms with Crippen molar-refractivity contribution in [2.24, 2.45) is 0 Å². The monoisotopic (exact) mass is 759 g/mol. The molecule has 0 saturated carbocycles. The third kappa shape index (κ3) is 34.8. The number of hydrogen-bond acceptors (Lipinski definition) is 6. The number of nitrogens with zero attached hydrogens (tertiary/aromatic N) is 1. The lowest BCUT2D eigenvalue weighted by Crippen LogP contribution is -2.50. The molecule has 8 heteroatoms. The van der Waals surface area contributed by atoms with Crippen molar-refractivity contribution in [3.05, 3.63) is 60.8 Å². The molecule has 1 N–H and O–H groups in total. The lowest BCUT2D eigenvalue weighted by Gasteiger charge is -2.31. The van der Waals surface area contributed by atoms with E-state index in [0.717, 1.165) is 70.6 Å². The van der Waals surface area contributed by atoms with E-state index in [1.54, 1.807) is 0 Å². The Morgan fingerprint density at radius 3 is 1.54 bits per heavy atom. The van der Waals surface area contributed by atoms with Crippen molar-refractivity contribution in [1.29, 1.82) is 0 Å². The van der Waals surface area contributed by atoms with Gasteiger partial charge in [0.15, 0.2) is 12.1 Å². The highest BCUT2D eigenvalue weighted by Gasteiger charge is 2.31. The molecule has 0 aromatic carbocycles. The number of allylic oxidation sites excluding steroid dienone is 10. The van der Waals surface area contributed by atoms with Crippen LogP contribution in [0.3, 0.4) is 0 Å². The minimum atomic E-state index is -0.881. The first-order valence-electron chi connectivity index (χ1n) is 21.4. The SMILES string of the molecule is CC/C=C/C=C/C=C/CCCCCCCCCC(=O)OCC(COCCC(C(=O)O)[N+](C)(C)C)OC(=O)CCCCCCCC/C=C/C=C/CCCCC. The number of carboxylic acids is 1. The molecule has 0 aliphatic heterocycles. The van der Waals surface area contributed by atoms with Crippen LogP contribution in [0.1, 0.15) is 162 Å². The van der Waals surface area contributed by atoms with Gasteiger partial charge in [-0.2, -0.15) is 0 Å². The molecule has 0 aromatic heterocycles. The number of aliphatic carboxylic acids is 1. The summed E-state index contributed by atoms with van der Waals surface area (Å²) in [5.74, 6) is -1.50. The number of esters is 2. The number of likely N-dealkylation sites (N-methyl/N-ethyl adjacent to an activating group) is 1. The summed E-state index contributed by atoms with van der Waals surface area (Å²) in [6, 6.07) is -0.620. The normalized spacial score (nSPS) is 13.6. The van der Waals surface area contributed by atoms with E-state index < -0.39 is 18.1 Å². The van der Waals surface area contributed by atoms with Crippen LogP contribution in [0, 0.1) is 0 Å². The van der Waals surface area contributed by atoms with Gasteiger partial charge >= 0.3 is 17.9 Å². The summed E-state index contributed by atoms with van der Waals surface area (Å²) in [5, 5.41) is 9.61. The molecule has 2 unspecified atom stereocenters. The highest BCUT2D eigenvalue weighted by molar-refractivity contribution is 5.72. The molecule has 0 bridgehead atoms. The van der Waals surface area contributed by atoms with Crippen LogP contribution in [0.25, 0.3) is 0 Å². The van der Waals surface area contributed by atoms with Gasteiger partial charge in [0, 0.05) is 19.3 Å². The largest absolute Gasteiger partial charge is 0.477 e. The molecular weight excluding hydrogens is 679 g/mol. The van der Waals surface area contributed by atoms with E-state index in [4.69, 9.17) is 14.2 Å². The predicted molar refractivity (Wildman–Crippen MR) is 224 cm³/mol. The zero-order chi connectivity index (χ0) is 40.0. The fourth-order valence-electron chi connectivity index (χ4n) is 5.90. The van der Waals surface area contributed by atoms with E-state index in [-0.39, 0.29) is 36.2 Å². The molecule has 0 saturated heterocycles. The zero-order valence-corrected chi connectivity index (χ0v) is 35.2. The quantitative estimate of drug-likeness (QED) is 0.0291. The zero-order valence-electron chi connectivity index (χ0n) is 35.2. The summed E-state index contributed by atoms with van der Waals surface area (Å²) >= 11 is 0. The Bertz CT molecular complexity index is 1070. The molecule has 310 valence electrons. The number of quaternary nitrogens is 1. The minimum absolute atomic E-state index is 0.0500. The molecule has 0 spiro atoms. The van der Waals surface area contributed by atoms with Crippen LogP contribution in [0.5, 0.6) is 0 Å². The van der Waals surface area contributed by atoms with Crippen molar-refractivity contribution in [3.63, 3.8) is 0 Å². The van der Waals surface area contributed by atoms with Crippen molar-refractivity contribution >= 4 is 17.9 Å². The number of rotatable bonds is 37. The molecule has 0 amide bonds. The fourth-order valence-corrected chi connectivity index (χ4v) is 5.90. The molecule has 0 fully saturated rings. The Labute approximate surface area is 330 Å². The van der Waals surface area contributed by atoms with Gasteiger partial charge in [0.2, 0.25) is 0 Å². The summed E-state index contributed by atoms with van der Waals surface area (Å²) in [6.07, 6.45) is 44.0. The van der Waals surface area contributed by atoms with E-state index >= 15 is 0 Å². The van der Waals surface area contributed by atoms with Gasteiger partial charge in [-0.3, -0.25) is 9.59 Å². The smallest absolute Gasteiger partial charge is 0.362 e. The van der Waals surface area contributed by atoms with Gasteiger partial charge in [0.1, 0.15) is 6.61 Å². The molecule has 0 radical (unpaired) electrons. The highest BCUT2D eigenvalue weighted by Crippen LogP contribution is 2.13. The van der Waals surface area contributed by atoms with Crippen molar-refractivity contribution in [3.8, 4) is 0 Å². The highest BCUT2D eigenvalue weighted by atomic mass is 16.6. The Morgan fingerprint density at radius 2 is 1.04 bits per heavy atom. The molecule has 0 heterocycles. The van der Waals surface area contributed by atoms with Crippen LogP contribution in [0.15, 0.2) is 60.8 Å². The first-order valence-corrected chi connectivity index (χ1v) is 21.4. The van der Waals surface area contributed by atoms with Gasteiger partial charge in [0.25, 0.3) is 0 Å². The van der Waals surface area contributed by atoms with Crippen molar-refractivity contribution in [2.45, 2.75) is 174 Å². The lowest BCUT2D eigenvalue weighted by atomic mass is 10.1. The molecule has 54 heavy (non-hydrogen) atoms. The maximum atomic E-state index is 12.7. The topological polar surface area (TPSA) is 99.1 Å². The fraction of sp³-hybridized carbons (Fsp3) is 0.717. The molecule has 2 atom stereocenters. The van der Waals surface area contributed by atoms with Crippen molar-refractivity contribution in [1.82, 2.24) is 0 Å². The minimum Gasteiger partial charge on any atom is -0.477 e. The third-order valence-electron chi connectivity index (χ3n) is 9.24. The van der Waals surface area contributed by atoms with Gasteiger partial charge in [-0.25, -0.2) is 4.79 Å². The van der Waals surface area contributed by atoms with Crippen LogP contribution in [-0.4, -0.2) is 80.6 Å². The molecular formula is C46H80NO7+. The summed E-state index contributed by atoms with van der Waals surface area (Å²) in [6.45, 7) is 4.54. The Morgan fingerprint density at radius 1 is 0.574 bits per heavy atom. The van der Waals surface area contributed by atoms with E-state index in [1.165, 1.54) is 57.8 Å². The molecule has 0 rings (SSSR count). The van der Waals surface area contributed by atoms with Crippen LogP contribution in [0.2, 0.25) is 0 Å². The first-order chi connectivity index (χ1) is 26.1. The van der Waals surface area contributed by atoms with Crippen molar-refractivity contribution < 1.29 is 38.2 Å². The Hall–Kier alpha value is -2.97. The van der Waals surface area contributed by atoms with Crippen molar-refractivity contribution in [2.75, 3.05) is 41.0 Å². The second-order valence-electron chi connectivity index (χ2n) is 15.3. The van der Waals surface area contributed by atoms with Crippen LogP contribution < -0.4 is 0 Å². The third-order valence-corrected chi connectivity index (χ3v) is 9.24. The summed E-state index contributed by atoms with van der Waals surface area (Å²) in [5.41, 5.74) is 0. The maximum Gasteiger partial charge on any atom is 0.362 e. The summed E-state index contributed by atoms with van der Waals surface area (Å²) in [4.78, 5) is 36.9. The van der Waals surface area contributed by atoms with Gasteiger partial charge in [0.05, 0.1) is 34.4 Å². The maximum absolute atomic E-state index is 12.7. The molecule has 0 aliphatic carbocycles. The number of carbonyl (C=O) groups excluding carboxylic acids is 2. The number of carbonyl (C=O) groups is 3. The predicted octanol–water partition coefficient (Wildman–Crippen LogP) is 11.4. The number of unbranched alkanes of at least 4 members (excludes halogenated alkanes) is 16. The number of carboxylic acid groups (broad SMARTS) is 1. The average Bonchev–Trinajstić information content (AvgIpc) is 3.12. The second kappa shape index (κ2) is 37.0. The number of hydrogen-bond donors (Lipinski definition) is 1. The average molecular weight is 759 g/mol. The van der Waals surface area contributed by atoms with Crippen LogP contribution in [-0.2, 0) is 28.6 Å². The first kappa shape index (κ1) is 51.0. The Kier molecular flexibility index (Phi) is 34.9. The van der Waals surface area contributed by atoms with E-state index in [2.05, 4.69) is 74.6 Å². The second-order valence-corrected chi connectivity index (χ2v) is 15.3. The lowest BCUT2D eigenvalue weighted by molar-refractivity contribution is -0.887. The Balaban J connectivity index is 4.41. The van der Waals surface area contributed by atoms with E-state index in [0.29, 0.717) is 19.3 Å². The van der Waals surface area contributed by atoms with Crippen LogP contribution in [0.4, 0.5) is 0 Å². The molecule has 8 nitrogen and oxygen atoms in total. The van der Waals surface area contributed by atoms with E-state index in [1.807, 2.05) is 21.1 Å². The van der Waals surface area contributed by atoms with Gasteiger partial charge in [-0.1, -0.05) is 145 Å². The summed E-state index contributed by atoms with van der Waals surface area (Å²) in [7, 11) is 5.51.